The highest BCUT2D eigenvalue weighted by atomic mass is 32.2. The van der Waals surface area contributed by atoms with E-state index in [-0.39, 0.29) is 16.9 Å². The molecule has 1 heterocycles. The summed E-state index contributed by atoms with van der Waals surface area (Å²) in [6.45, 7) is 10.7. The predicted octanol–water partition coefficient (Wildman–Crippen LogP) is 3.10. The van der Waals surface area contributed by atoms with E-state index in [1.165, 1.54) is 16.7 Å². The number of aryl methyl sites for hydroxylation is 3. The monoisotopic (exact) mass is 293 g/mol. The highest BCUT2D eigenvalue weighted by molar-refractivity contribution is 8.00. The Morgan fingerprint density at radius 1 is 1.35 bits per heavy atom. The van der Waals surface area contributed by atoms with Crippen LogP contribution in [0.3, 0.4) is 0 Å². The van der Waals surface area contributed by atoms with E-state index in [2.05, 4.69) is 52.1 Å². The Bertz CT molecular complexity index is 502. The van der Waals surface area contributed by atoms with Crippen molar-refractivity contribution in [3.8, 4) is 0 Å². The van der Waals surface area contributed by atoms with Gasteiger partial charge < -0.3 is 4.74 Å². The summed E-state index contributed by atoms with van der Waals surface area (Å²) >= 11 is 1.75. The van der Waals surface area contributed by atoms with Crippen LogP contribution in [0.25, 0.3) is 0 Å². The molecule has 0 aliphatic carbocycles. The maximum absolute atomic E-state index is 12.1. The molecule has 3 nitrogen and oxygen atoms in total. The van der Waals surface area contributed by atoms with Gasteiger partial charge in [0, 0.05) is 5.75 Å². The van der Waals surface area contributed by atoms with Gasteiger partial charge in [0.15, 0.2) is 0 Å². The van der Waals surface area contributed by atoms with Crippen LogP contribution in [-0.2, 0) is 16.1 Å². The van der Waals surface area contributed by atoms with E-state index in [0.717, 1.165) is 11.3 Å². The Kier molecular flexibility index (Phi) is 4.45. The summed E-state index contributed by atoms with van der Waals surface area (Å²) in [5, 5.41) is 3.29. The normalized spacial score (nSPS) is 20.9. The van der Waals surface area contributed by atoms with Crippen LogP contribution in [0.15, 0.2) is 12.1 Å². The van der Waals surface area contributed by atoms with E-state index in [1.54, 1.807) is 11.8 Å². The minimum atomic E-state index is -0.193. The largest absolute Gasteiger partial charge is 0.460 e. The molecule has 110 valence electrons. The Morgan fingerprint density at radius 2 is 1.95 bits per heavy atom. The second-order valence-electron chi connectivity index (χ2n) is 6.00. The molecule has 1 aliphatic rings. The van der Waals surface area contributed by atoms with Crippen LogP contribution >= 0.6 is 11.8 Å². The molecule has 1 saturated heterocycles. The number of carbonyl (C=O) groups is 1. The molecule has 0 saturated carbocycles. The number of nitrogens with one attached hydrogen (secondary N) is 1. The average Bonchev–Trinajstić information content (AvgIpc) is 2.68. The van der Waals surface area contributed by atoms with E-state index in [1.807, 2.05) is 0 Å². The number of rotatable bonds is 3. The number of esters is 1. The van der Waals surface area contributed by atoms with Crippen molar-refractivity contribution >= 4 is 17.7 Å². The molecule has 20 heavy (non-hydrogen) atoms. The number of thioether (sulfide) groups is 1. The lowest BCUT2D eigenvalue weighted by Gasteiger charge is -2.18. The summed E-state index contributed by atoms with van der Waals surface area (Å²) in [6, 6.07) is 4.06. The molecule has 1 N–H and O–H groups in total. The van der Waals surface area contributed by atoms with Crippen LogP contribution in [0.5, 0.6) is 0 Å². The summed E-state index contributed by atoms with van der Waals surface area (Å²) < 4.78 is 5.49. The highest BCUT2D eigenvalue weighted by Crippen LogP contribution is 2.29. The summed E-state index contributed by atoms with van der Waals surface area (Å²) in [7, 11) is 0. The highest BCUT2D eigenvalue weighted by Gasteiger charge is 2.35. The topological polar surface area (TPSA) is 38.3 Å². The third kappa shape index (κ3) is 3.55. The van der Waals surface area contributed by atoms with Crippen LogP contribution in [-0.4, -0.2) is 22.6 Å². The molecule has 2 rings (SSSR count). The van der Waals surface area contributed by atoms with Crippen molar-refractivity contribution in [2.75, 3.05) is 5.75 Å². The Morgan fingerprint density at radius 3 is 2.45 bits per heavy atom. The SMILES string of the molecule is Cc1cc(C)c(COC(=O)C2CSC(C)(C)N2)c(C)c1. The lowest BCUT2D eigenvalue weighted by Crippen LogP contribution is -2.42. The van der Waals surface area contributed by atoms with Crippen molar-refractivity contribution in [1.29, 1.82) is 0 Å². The molecule has 0 spiro atoms. The van der Waals surface area contributed by atoms with Gasteiger partial charge in [-0.2, -0.15) is 0 Å². The minimum absolute atomic E-state index is 0.0423. The van der Waals surface area contributed by atoms with E-state index in [0.29, 0.717) is 6.61 Å². The summed E-state index contributed by atoms with van der Waals surface area (Å²) in [5.74, 6) is 0.625. The molecule has 1 unspecified atom stereocenters. The van der Waals surface area contributed by atoms with Gasteiger partial charge in [-0.15, -0.1) is 11.8 Å². The van der Waals surface area contributed by atoms with E-state index >= 15 is 0 Å². The van der Waals surface area contributed by atoms with Gasteiger partial charge in [0.2, 0.25) is 0 Å². The van der Waals surface area contributed by atoms with Gasteiger partial charge in [-0.3, -0.25) is 10.1 Å². The second kappa shape index (κ2) is 5.78. The van der Waals surface area contributed by atoms with Gasteiger partial charge in [-0.1, -0.05) is 17.7 Å². The second-order valence-corrected chi connectivity index (χ2v) is 7.65. The van der Waals surface area contributed by atoms with Gasteiger partial charge in [-0.05, 0) is 51.3 Å². The maximum Gasteiger partial charge on any atom is 0.324 e. The first kappa shape index (κ1) is 15.4. The van der Waals surface area contributed by atoms with Gasteiger partial charge in [0.05, 0.1) is 4.87 Å². The molecule has 1 aliphatic heterocycles. The van der Waals surface area contributed by atoms with Crippen LogP contribution in [0, 0.1) is 20.8 Å². The fourth-order valence-electron chi connectivity index (χ4n) is 2.60. The number of ether oxygens (including phenoxy) is 1. The summed E-state index contributed by atoms with van der Waals surface area (Å²) in [4.78, 5) is 12.1. The Hall–Kier alpha value is -1.00. The standard InChI is InChI=1S/C16H23NO2S/c1-10-6-11(2)13(12(3)7-10)8-19-15(18)14-9-20-16(4,5)17-14/h6-7,14,17H,8-9H2,1-5H3. The van der Waals surface area contributed by atoms with Crippen molar-refractivity contribution in [3.63, 3.8) is 0 Å². The van der Waals surface area contributed by atoms with Crippen LogP contribution in [0.4, 0.5) is 0 Å². The quantitative estimate of drug-likeness (QED) is 0.869. The molecule has 0 bridgehead atoms. The Balaban J connectivity index is 1.98. The first-order valence-electron chi connectivity index (χ1n) is 6.93. The molecule has 1 aromatic carbocycles. The Labute approximate surface area is 125 Å². The molecule has 1 fully saturated rings. The van der Waals surface area contributed by atoms with Crippen LogP contribution < -0.4 is 5.32 Å². The fourth-order valence-corrected chi connectivity index (χ4v) is 3.63. The molecule has 1 aromatic rings. The molecular formula is C16H23NO2S. The summed E-state index contributed by atoms with van der Waals surface area (Å²) in [6.07, 6.45) is 0. The fraction of sp³-hybridized carbons (Fsp3) is 0.562. The lowest BCUT2D eigenvalue weighted by molar-refractivity contribution is -0.146. The van der Waals surface area contributed by atoms with Crippen molar-refractivity contribution in [2.24, 2.45) is 0 Å². The maximum atomic E-state index is 12.1. The number of hydrogen-bond donors (Lipinski definition) is 1. The van der Waals surface area contributed by atoms with Crippen molar-refractivity contribution in [1.82, 2.24) is 5.32 Å². The van der Waals surface area contributed by atoms with E-state index in [4.69, 9.17) is 4.74 Å². The van der Waals surface area contributed by atoms with Crippen LogP contribution in [0.2, 0.25) is 0 Å². The zero-order chi connectivity index (χ0) is 14.9. The van der Waals surface area contributed by atoms with E-state index < -0.39 is 0 Å². The van der Waals surface area contributed by atoms with Crippen molar-refractivity contribution in [3.05, 3.63) is 34.4 Å². The molecule has 4 heteroatoms. The first-order valence-corrected chi connectivity index (χ1v) is 7.92. The number of carbonyl (C=O) groups excluding carboxylic acids is 1. The van der Waals surface area contributed by atoms with Crippen molar-refractivity contribution < 1.29 is 9.53 Å². The smallest absolute Gasteiger partial charge is 0.324 e. The molecular weight excluding hydrogens is 270 g/mol. The van der Waals surface area contributed by atoms with Gasteiger partial charge in [-0.25, -0.2) is 0 Å². The lowest BCUT2D eigenvalue weighted by atomic mass is 10.0. The van der Waals surface area contributed by atoms with Gasteiger partial charge >= 0.3 is 5.97 Å². The number of benzene rings is 1. The van der Waals surface area contributed by atoms with Crippen LogP contribution in [0.1, 0.15) is 36.1 Å². The molecule has 1 atom stereocenters. The number of hydrogen-bond acceptors (Lipinski definition) is 4. The third-order valence-corrected chi connectivity index (χ3v) is 4.96. The predicted molar refractivity (Wildman–Crippen MR) is 83.9 cm³/mol. The average molecular weight is 293 g/mol. The van der Waals surface area contributed by atoms with Gasteiger partial charge in [0.1, 0.15) is 12.6 Å². The third-order valence-electron chi connectivity index (χ3n) is 3.62. The zero-order valence-corrected chi connectivity index (χ0v) is 13.7. The molecule has 0 radical (unpaired) electrons. The molecule has 0 aromatic heterocycles. The summed E-state index contributed by atoms with van der Waals surface area (Å²) in [5.41, 5.74) is 4.73. The first-order chi connectivity index (χ1) is 9.28. The van der Waals surface area contributed by atoms with E-state index in [9.17, 15) is 4.79 Å². The van der Waals surface area contributed by atoms with Gasteiger partial charge in [0.25, 0.3) is 0 Å². The van der Waals surface area contributed by atoms with Crippen molar-refractivity contribution in [2.45, 2.75) is 52.1 Å². The zero-order valence-electron chi connectivity index (χ0n) is 12.9. The minimum Gasteiger partial charge on any atom is -0.460 e. The molecule has 0 amide bonds.